The van der Waals surface area contributed by atoms with Gasteiger partial charge in [0.1, 0.15) is 5.75 Å². The topological polar surface area (TPSA) is 35.5 Å². The third kappa shape index (κ3) is 2.09. The van der Waals surface area contributed by atoms with Gasteiger partial charge in [-0.25, -0.2) is 4.79 Å². The predicted octanol–water partition coefficient (Wildman–Crippen LogP) is 3.24. The summed E-state index contributed by atoms with van der Waals surface area (Å²) >= 11 is 2.21. The molecule has 88 valence electrons. The zero-order valence-electron chi connectivity index (χ0n) is 9.49. The number of methoxy groups -OCH3 is 2. The molecular weight excluding hydrogens is 331 g/mol. The van der Waals surface area contributed by atoms with Crippen molar-refractivity contribution in [2.24, 2.45) is 0 Å². The van der Waals surface area contributed by atoms with E-state index in [1.807, 2.05) is 24.3 Å². The predicted molar refractivity (Wildman–Crippen MR) is 74.6 cm³/mol. The van der Waals surface area contributed by atoms with E-state index in [-0.39, 0.29) is 5.97 Å². The maximum Gasteiger partial charge on any atom is 0.338 e. The van der Waals surface area contributed by atoms with Gasteiger partial charge in [-0.15, -0.1) is 0 Å². The van der Waals surface area contributed by atoms with Crippen LogP contribution < -0.4 is 4.74 Å². The third-order valence-electron chi connectivity index (χ3n) is 2.57. The molecule has 2 rings (SSSR count). The van der Waals surface area contributed by atoms with Crippen molar-refractivity contribution in [1.82, 2.24) is 0 Å². The average molecular weight is 342 g/mol. The van der Waals surface area contributed by atoms with Gasteiger partial charge in [0.2, 0.25) is 0 Å². The molecular formula is C13H11IO3. The molecule has 4 heteroatoms. The van der Waals surface area contributed by atoms with Gasteiger partial charge in [-0.2, -0.15) is 0 Å². The van der Waals surface area contributed by atoms with Crippen molar-refractivity contribution in [2.75, 3.05) is 14.2 Å². The summed E-state index contributed by atoms with van der Waals surface area (Å²) in [7, 11) is 2.97. The lowest BCUT2D eigenvalue weighted by molar-refractivity contribution is 0.0602. The Labute approximate surface area is 113 Å². The molecule has 0 unspecified atom stereocenters. The number of carbonyl (C=O) groups excluding carboxylic acids is 1. The van der Waals surface area contributed by atoms with Gasteiger partial charge in [0, 0.05) is 0 Å². The zero-order valence-corrected chi connectivity index (χ0v) is 11.6. The van der Waals surface area contributed by atoms with Gasteiger partial charge in [0.05, 0.1) is 23.4 Å². The molecule has 17 heavy (non-hydrogen) atoms. The highest BCUT2D eigenvalue weighted by molar-refractivity contribution is 14.1. The molecule has 3 nitrogen and oxygen atoms in total. The second-order valence-electron chi connectivity index (χ2n) is 3.48. The van der Waals surface area contributed by atoms with Crippen molar-refractivity contribution in [1.29, 1.82) is 0 Å². The molecule has 0 N–H and O–H groups in total. The van der Waals surface area contributed by atoms with Crippen LogP contribution in [0.4, 0.5) is 0 Å². The van der Waals surface area contributed by atoms with Crippen molar-refractivity contribution in [3.8, 4) is 5.75 Å². The normalized spacial score (nSPS) is 10.3. The van der Waals surface area contributed by atoms with E-state index in [1.165, 1.54) is 7.11 Å². The zero-order chi connectivity index (χ0) is 12.4. The Morgan fingerprint density at radius 3 is 2.41 bits per heavy atom. The van der Waals surface area contributed by atoms with Crippen LogP contribution in [0.5, 0.6) is 5.75 Å². The molecule has 0 saturated heterocycles. The fourth-order valence-electron chi connectivity index (χ4n) is 1.74. The lowest BCUT2D eigenvalue weighted by Gasteiger charge is -2.10. The van der Waals surface area contributed by atoms with Crippen molar-refractivity contribution >= 4 is 39.3 Å². The summed E-state index contributed by atoms with van der Waals surface area (Å²) < 4.78 is 11.1. The maximum absolute atomic E-state index is 11.7. The molecule has 0 fully saturated rings. The number of hydrogen-bond donors (Lipinski definition) is 0. The van der Waals surface area contributed by atoms with Crippen LogP contribution in [0.25, 0.3) is 10.8 Å². The molecule has 0 spiro atoms. The van der Waals surface area contributed by atoms with E-state index >= 15 is 0 Å². The number of rotatable bonds is 2. The fraction of sp³-hybridized carbons (Fsp3) is 0.154. The summed E-state index contributed by atoms with van der Waals surface area (Å²) in [5.41, 5.74) is 0.528. The van der Waals surface area contributed by atoms with Crippen molar-refractivity contribution in [3.05, 3.63) is 39.5 Å². The van der Waals surface area contributed by atoms with Crippen LogP contribution >= 0.6 is 22.6 Å². The average Bonchev–Trinajstić information content (AvgIpc) is 2.38. The van der Waals surface area contributed by atoms with Gasteiger partial charge in [0.15, 0.2) is 0 Å². The van der Waals surface area contributed by atoms with E-state index in [4.69, 9.17) is 9.47 Å². The number of fused-ring (bicyclic) bond motifs is 1. The first-order valence-electron chi connectivity index (χ1n) is 5.02. The van der Waals surface area contributed by atoms with Crippen LogP contribution in [-0.2, 0) is 4.74 Å². The monoisotopic (exact) mass is 342 g/mol. The van der Waals surface area contributed by atoms with Crippen LogP contribution in [0, 0.1) is 3.57 Å². The summed E-state index contributed by atoms with van der Waals surface area (Å²) in [6.07, 6.45) is 0. The lowest BCUT2D eigenvalue weighted by atomic mass is 10.0. The van der Waals surface area contributed by atoms with E-state index in [0.29, 0.717) is 11.3 Å². The van der Waals surface area contributed by atoms with E-state index in [0.717, 1.165) is 14.3 Å². The fourth-order valence-corrected chi connectivity index (χ4v) is 2.59. The Hall–Kier alpha value is -1.30. The van der Waals surface area contributed by atoms with Gasteiger partial charge < -0.3 is 9.47 Å². The number of benzene rings is 2. The molecule has 0 saturated carbocycles. The highest BCUT2D eigenvalue weighted by Gasteiger charge is 2.15. The lowest BCUT2D eigenvalue weighted by Crippen LogP contribution is -2.03. The van der Waals surface area contributed by atoms with Crippen LogP contribution in [0.1, 0.15) is 10.4 Å². The minimum Gasteiger partial charge on any atom is -0.496 e. The van der Waals surface area contributed by atoms with Gasteiger partial charge in [-0.3, -0.25) is 0 Å². The Kier molecular flexibility index (Phi) is 3.51. The van der Waals surface area contributed by atoms with Crippen molar-refractivity contribution in [3.63, 3.8) is 0 Å². The Bertz CT molecular complexity index is 578. The first kappa shape index (κ1) is 12.2. The molecule has 0 radical (unpaired) electrons. The Morgan fingerprint density at radius 1 is 1.18 bits per heavy atom. The van der Waals surface area contributed by atoms with E-state index < -0.39 is 0 Å². The molecule has 2 aromatic rings. The number of ether oxygens (including phenoxy) is 2. The Balaban J connectivity index is 2.83. The number of hydrogen-bond acceptors (Lipinski definition) is 3. The molecule has 0 aliphatic carbocycles. The molecule has 0 heterocycles. The highest BCUT2D eigenvalue weighted by Crippen LogP contribution is 2.32. The molecule has 0 aliphatic heterocycles. The van der Waals surface area contributed by atoms with Crippen molar-refractivity contribution in [2.45, 2.75) is 0 Å². The van der Waals surface area contributed by atoms with Gasteiger partial charge >= 0.3 is 5.97 Å². The van der Waals surface area contributed by atoms with Gasteiger partial charge in [-0.1, -0.05) is 24.3 Å². The summed E-state index contributed by atoms with van der Waals surface area (Å²) in [6, 6.07) is 9.42. The number of carbonyl (C=O) groups is 1. The van der Waals surface area contributed by atoms with Crippen LogP contribution in [0.15, 0.2) is 30.3 Å². The largest absolute Gasteiger partial charge is 0.496 e. The van der Waals surface area contributed by atoms with E-state index in [1.54, 1.807) is 13.2 Å². The SMILES string of the molecule is COC(=O)c1cc(OC)c(I)c2ccccc12. The second kappa shape index (κ2) is 4.91. The first-order chi connectivity index (χ1) is 8.19. The van der Waals surface area contributed by atoms with Gasteiger partial charge in [-0.05, 0) is 39.4 Å². The Morgan fingerprint density at radius 2 is 1.82 bits per heavy atom. The summed E-state index contributed by atoms with van der Waals surface area (Å²) in [6.45, 7) is 0. The summed E-state index contributed by atoms with van der Waals surface area (Å²) in [4.78, 5) is 11.7. The molecule has 2 aromatic carbocycles. The quantitative estimate of drug-likeness (QED) is 0.621. The number of esters is 1. The smallest absolute Gasteiger partial charge is 0.338 e. The molecule has 0 aliphatic rings. The molecule has 0 atom stereocenters. The van der Waals surface area contributed by atoms with Crippen LogP contribution in [-0.4, -0.2) is 20.2 Å². The standard InChI is InChI=1S/C13H11IO3/c1-16-11-7-10(13(15)17-2)8-5-3-4-6-9(8)12(11)14/h3-7H,1-2H3. The molecule has 0 bridgehead atoms. The summed E-state index contributed by atoms with van der Waals surface area (Å²) in [5.74, 6) is 0.334. The summed E-state index contributed by atoms with van der Waals surface area (Å²) in [5, 5.41) is 1.87. The molecule has 0 aromatic heterocycles. The van der Waals surface area contributed by atoms with E-state index in [2.05, 4.69) is 22.6 Å². The highest BCUT2D eigenvalue weighted by atomic mass is 127. The molecule has 0 amide bonds. The van der Waals surface area contributed by atoms with E-state index in [9.17, 15) is 4.79 Å². The van der Waals surface area contributed by atoms with Crippen LogP contribution in [0.2, 0.25) is 0 Å². The number of halogens is 1. The minimum atomic E-state index is -0.351. The minimum absolute atomic E-state index is 0.351. The third-order valence-corrected chi connectivity index (χ3v) is 3.68. The first-order valence-corrected chi connectivity index (χ1v) is 6.10. The van der Waals surface area contributed by atoms with Crippen molar-refractivity contribution < 1.29 is 14.3 Å². The second-order valence-corrected chi connectivity index (χ2v) is 4.56. The maximum atomic E-state index is 11.7. The van der Waals surface area contributed by atoms with Gasteiger partial charge in [0.25, 0.3) is 0 Å². The van der Waals surface area contributed by atoms with Crippen LogP contribution in [0.3, 0.4) is 0 Å².